The molecule has 0 atom stereocenters. The number of ether oxygens (including phenoxy) is 1. The van der Waals surface area contributed by atoms with Gasteiger partial charge in [-0.3, -0.25) is 0 Å². The molecule has 0 unspecified atom stereocenters. The lowest BCUT2D eigenvalue weighted by Crippen LogP contribution is -2.09. The fourth-order valence-corrected chi connectivity index (χ4v) is 2.09. The highest BCUT2D eigenvalue weighted by Crippen LogP contribution is 2.21. The molecule has 0 fully saturated rings. The first-order valence-corrected chi connectivity index (χ1v) is 6.81. The number of hydrogen-bond acceptors (Lipinski definition) is 3. The van der Waals surface area contributed by atoms with Crippen molar-refractivity contribution in [2.75, 3.05) is 11.9 Å². The zero-order valence-corrected chi connectivity index (χ0v) is 11.7. The Morgan fingerprint density at radius 2 is 2.25 bits per heavy atom. The van der Waals surface area contributed by atoms with Gasteiger partial charge in [0.1, 0.15) is 0 Å². The van der Waals surface area contributed by atoms with Gasteiger partial charge in [0.15, 0.2) is 0 Å². The Hall–Kier alpha value is -0.480. The van der Waals surface area contributed by atoms with Gasteiger partial charge in [-0.1, -0.05) is 28.1 Å². The van der Waals surface area contributed by atoms with Gasteiger partial charge < -0.3 is 4.74 Å². The van der Waals surface area contributed by atoms with E-state index in [-0.39, 0.29) is 5.97 Å². The van der Waals surface area contributed by atoms with Gasteiger partial charge in [0.05, 0.1) is 12.2 Å². The number of carbonyl (C=O) groups is 1. The lowest BCUT2D eigenvalue weighted by molar-refractivity contribution is 0.0521. The molecule has 0 heterocycles. The summed E-state index contributed by atoms with van der Waals surface area (Å²) in [6.07, 6.45) is 1.84. The van der Waals surface area contributed by atoms with Crippen molar-refractivity contribution in [3.63, 3.8) is 0 Å². The van der Waals surface area contributed by atoms with Crippen LogP contribution in [-0.4, -0.2) is 17.9 Å². The Bertz CT molecular complexity index is 366. The number of hydrogen-bond donors (Lipinski definition) is 1. The van der Waals surface area contributed by atoms with Crippen molar-refractivity contribution in [3.05, 3.63) is 29.3 Å². The van der Waals surface area contributed by atoms with E-state index >= 15 is 0 Å². The van der Waals surface area contributed by atoms with Crippen LogP contribution in [0.1, 0.15) is 29.3 Å². The third-order valence-electron chi connectivity index (χ3n) is 2.19. The van der Waals surface area contributed by atoms with Crippen LogP contribution in [0.5, 0.6) is 0 Å². The summed E-state index contributed by atoms with van der Waals surface area (Å²) in [5.74, 6) is -0.280. The molecule has 0 amide bonds. The highest BCUT2D eigenvalue weighted by atomic mass is 79.9. The highest BCUT2D eigenvalue weighted by molar-refractivity contribution is 9.09. The van der Waals surface area contributed by atoms with Gasteiger partial charge in [-0.15, -0.1) is 12.6 Å². The molecule has 2 nitrogen and oxygen atoms in total. The first-order valence-electron chi connectivity index (χ1n) is 5.24. The molecule has 4 heteroatoms. The number of alkyl halides is 1. The van der Waals surface area contributed by atoms with Gasteiger partial charge in [-0.2, -0.15) is 0 Å². The van der Waals surface area contributed by atoms with E-state index in [9.17, 15) is 4.79 Å². The maximum Gasteiger partial charge on any atom is 0.339 e. The minimum atomic E-state index is -0.280. The molecule has 0 bridgehead atoms. The predicted octanol–water partition coefficient (Wildman–Crippen LogP) is 3.48. The fourth-order valence-electron chi connectivity index (χ4n) is 1.49. The van der Waals surface area contributed by atoms with Gasteiger partial charge in [-0.05, 0) is 31.4 Å². The molecule has 0 aliphatic rings. The zero-order valence-electron chi connectivity index (χ0n) is 9.20. The molecule has 16 heavy (non-hydrogen) atoms. The van der Waals surface area contributed by atoms with E-state index < -0.39 is 0 Å². The Kier molecular flexibility index (Phi) is 5.91. The minimum Gasteiger partial charge on any atom is -0.462 e. The summed E-state index contributed by atoms with van der Waals surface area (Å²) in [5, 5.41) is 0.923. The van der Waals surface area contributed by atoms with E-state index in [4.69, 9.17) is 4.74 Å². The van der Waals surface area contributed by atoms with Crippen molar-refractivity contribution in [2.24, 2.45) is 0 Å². The van der Waals surface area contributed by atoms with Crippen LogP contribution in [0, 0.1) is 0 Å². The van der Waals surface area contributed by atoms with Crippen LogP contribution in [-0.2, 0) is 11.2 Å². The summed E-state index contributed by atoms with van der Waals surface area (Å²) in [5.41, 5.74) is 1.61. The Labute approximate surface area is 110 Å². The lowest BCUT2D eigenvalue weighted by atomic mass is 10.0. The standard InChI is InChI=1S/C12H15BrO2S/c1-2-15-12(14)11-9(6-4-8-13)5-3-7-10(11)16/h3,5,7,16H,2,4,6,8H2,1H3. The molecule has 0 saturated carbocycles. The van der Waals surface area contributed by atoms with Crippen LogP contribution in [0.2, 0.25) is 0 Å². The summed E-state index contributed by atoms with van der Waals surface area (Å²) >= 11 is 7.69. The van der Waals surface area contributed by atoms with Crippen LogP contribution in [0.3, 0.4) is 0 Å². The van der Waals surface area contributed by atoms with E-state index in [2.05, 4.69) is 28.6 Å². The number of thiol groups is 1. The Balaban J connectivity index is 2.98. The van der Waals surface area contributed by atoms with Gasteiger partial charge in [-0.25, -0.2) is 4.79 Å². The van der Waals surface area contributed by atoms with Gasteiger partial charge in [0, 0.05) is 10.2 Å². The number of carbonyl (C=O) groups excluding carboxylic acids is 1. The summed E-state index contributed by atoms with van der Waals surface area (Å²) in [6.45, 7) is 2.19. The monoisotopic (exact) mass is 302 g/mol. The lowest BCUT2D eigenvalue weighted by Gasteiger charge is -2.10. The highest BCUT2D eigenvalue weighted by Gasteiger charge is 2.15. The van der Waals surface area contributed by atoms with Crippen LogP contribution in [0.15, 0.2) is 23.1 Å². The van der Waals surface area contributed by atoms with Crippen molar-refractivity contribution in [1.29, 1.82) is 0 Å². The Morgan fingerprint density at radius 3 is 2.88 bits per heavy atom. The van der Waals surface area contributed by atoms with E-state index in [0.717, 1.165) is 23.7 Å². The van der Waals surface area contributed by atoms with E-state index in [1.165, 1.54) is 0 Å². The number of benzene rings is 1. The molecule has 1 aromatic rings. The van der Waals surface area contributed by atoms with E-state index in [1.807, 2.05) is 18.2 Å². The molecule has 0 spiro atoms. The SMILES string of the molecule is CCOC(=O)c1c(S)cccc1CCCBr. The second-order valence-corrected chi connectivity index (χ2v) is 4.60. The predicted molar refractivity (Wildman–Crippen MR) is 71.8 cm³/mol. The normalized spacial score (nSPS) is 10.2. The van der Waals surface area contributed by atoms with Crippen molar-refractivity contribution in [3.8, 4) is 0 Å². The van der Waals surface area contributed by atoms with Crippen molar-refractivity contribution in [2.45, 2.75) is 24.7 Å². The average molecular weight is 303 g/mol. The zero-order chi connectivity index (χ0) is 12.0. The second kappa shape index (κ2) is 6.97. The molecule has 1 rings (SSSR count). The van der Waals surface area contributed by atoms with Crippen LogP contribution in [0.4, 0.5) is 0 Å². The third kappa shape index (κ3) is 3.52. The van der Waals surface area contributed by atoms with Crippen LogP contribution >= 0.6 is 28.6 Å². The molecule has 0 N–H and O–H groups in total. The third-order valence-corrected chi connectivity index (χ3v) is 3.12. The minimum absolute atomic E-state index is 0.280. The van der Waals surface area contributed by atoms with Crippen LogP contribution < -0.4 is 0 Å². The van der Waals surface area contributed by atoms with Crippen molar-refractivity contribution < 1.29 is 9.53 Å². The first kappa shape index (κ1) is 13.6. The molecule has 1 aromatic carbocycles. The van der Waals surface area contributed by atoms with Crippen molar-refractivity contribution in [1.82, 2.24) is 0 Å². The smallest absolute Gasteiger partial charge is 0.339 e. The summed E-state index contributed by atoms with van der Waals surface area (Å²) < 4.78 is 5.03. The van der Waals surface area contributed by atoms with E-state index in [0.29, 0.717) is 17.1 Å². The number of halogens is 1. The number of esters is 1. The van der Waals surface area contributed by atoms with Gasteiger partial charge >= 0.3 is 5.97 Å². The molecule has 0 aliphatic heterocycles. The molecule has 0 aromatic heterocycles. The average Bonchev–Trinajstić information content (AvgIpc) is 2.26. The quantitative estimate of drug-likeness (QED) is 0.512. The molecule has 0 saturated heterocycles. The van der Waals surface area contributed by atoms with Crippen molar-refractivity contribution >= 4 is 34.5 Å². The molecule has 0 aliphatic carbocycles. The number of aryl methyl sites for hydroxylation is 1. The van der Waals surface area contributed by atoms with Gasteiger partial charge in [0.2, 0.25) is 0 Å². The molecule has 0 radical (unpaired) electrons. The topological polar surface area (TPSA) is 26.3 Å². The maximum atomic E-state index is 11.8. The van der Waals surface area contributed by atoms with Gasteiger partial charge in [0.25, 0.3) is 0 Å². The van der Waals surface area contributed by atoms with Crippen LogP contribution in [0.25, 0.3) is 0 Å². The second-order valence-electron chi connectivity index (χ2n) is 3.32. The number of rotatable bonds is 5. The molecular formula is C12H15BrO2S. The summed E-state index contributed by atoms with van der Waals surface area (Å²) in [7, 11) is 0. The molecule has 88 valence electrons. The molecular weight excluding hydrogens is 288 g/mol. The van der Waals surface area contributed by atoms with E-state index in [1.54, 1.807) is 6.92 Å². The Morgan fingerprint density at radius 1 is 1.50 bits per heavy atom. The largest absolute Gasteiger partial charge is 0.462 e. The maximum absolute atomic E-state index is 11.8. The summed E-state index contributed by atoms with van der Waals surface area (Å²) in [6, 6.07) is 5.68. The summed E-state index contributed by atoms with van der Waals surface area (Å²) in [4.78, 5) is 12.5. The fraction of sp³-hybridized carbons (Fsp3) is 0.417. The first-order chi connectivity index (χ1) is 7.70.